The van der Waals surface area contributed by atoms with Crippen molar-refractivity contribution in [3.63, 3.8) is 0 Å². The smallest absolute Gasteiger partial charge is 0.224 e. The van der Waals surface area contributed by atoms with Crippen molar-refractivity contribution in [2.45, 2.75) is 20.8 Å². The molecule has 0 aliphatic carbocycles. The number of allylic oxidation sites excluding steroid dienone is 1. The predicted octanol–water partition coefficient (Wildman–Crippen LogP) is 4.04. The normalized spacial score (nSPS) is 10.8. The lowest BCUT2D eigenvalue weighted by Crippen LogP contribution is -2.02. The van der Waals surface area contributed by atoms with Gasteiger partial charge in [0, 0.05) is 18.2 Å². The Hall–Kier alpha value is -2.36. The molecule has 0 bridgehead atoms. The molecule has 4 nitrogen and oxygen atoms in total. The maximum atomic E-state index is 5.89. The number of benzene rings is 1. The Bertz CT molecular complexity index is 608. The molecular weight excluding hydrogens is 250 g/mol. The largest absolute Gasteiger partial charge is 0.438 e. The van der Waals surface area contributed by atoms with Gasteiger partial charge in [0.05, 0.1) is 0 Å². The van der Waals surface area contributed by atoms with E-state index in [1.54, 1.807) is 0 Å². The third kappa shape index (κ3) is 3.57. The summed E-state index contributed by atoms with van der Waals surface area (Å²) < 4.78 is 5.89. The van der Waals surface area contributed by atoms with Gasteiger partial charge in [0.15, 0.2) is 0 Å². The van der Waals surface area contributed by atoms with Gasteiger partial charge in [-0.25, -0.2) is 4.98 Å². The topological polar surface area (TPSA) is 47.0 Å². The molecule has 1 N–H and O–H groups in total. The van der Waals surface area contributed by atoms with Crippen LogP contribution in [0, 0.1) is 6.92 Å². The van der Waals surface area contributed by atoms with Gasteiger partial charge < -0.3 is 10.1 Å². The predicted molar refractivity (Wildman–Crippen MR) is 82.2 cm³/mol. The molecule has 0 radical (unpaired) electrons. The number of rotatable bonds is 5. The van der Waals surface area contributed by atoms with Crippen molar-refractivity contribution in [3.8, 4) is 11.6 Å². The highest BCUT2D eigenvalue weighted by Crippen LogP contribution is 2.26. The summed E-state index contributed by atoms with van der Waals surface area (Å²) in [6.45, 7) is 6.67. The number of anilines is 1. The lowest BCUT2D eigenvalue weighted by atomic mass is 10.2. The average molecular weight is 269 g/mol. The molecule has 4 heteroatoms. The van der Waals surface area contributed by atoms with Crippen LogP contribution in [0.15, 0.2) is 36.4 Å². The summed E-state index contributed by atoms with van der Waals surface area (Å²) in [6, 6.07) is 9.68. The molecule has 2 aromatic rings. The molecule has 0 aliphatic rings. The van der Waals surface area contributed by atoms with Crippen molar-refractivity contribution in [2.24, 2.45) is 0 Å². The number of hydrogen-bond acceptors (Lipinski definition) is 4. The first-order valence-corrected chi connectivity index (χ1v) is 6.72. The van der Waals surface area contributed by atoms with E-state index in [2.05, 4.69) is 15.3 Å². The van der Waals surface area contributed by atoms with Crippen LogP contribution in [0.5, 0.6) is 11.6 Å². The molecule has 0 amide bonds. The zero-order chi connectivity index (χ0) is 14.4. The first-order chi connectivity index (χ1) is 9.72. The molecule has 104 valence electrons. The van der Waals surface area contributed by atoms with E-state index in [1.165, 1.54) is 0 Å². The SMILES string of the molecule is C/C=C/c1ccccc1Oc1cc(NCC)nc(C)n1. The molecule has 0 fully saturated rings. The second-order valence-electron chi connectivity index (χ2n) is 4.31. The monoisotopic (exact) mass is 269 g/mol. The summed E-state index contributed by atoms with van der Waals surface area (Å²) in [7, 11) is 0. The average Bonchev–Trinajstić information content (AvgIpc) is 2.41. The molecule has 0 saturated carbocycles. The van der Waals surface area contributed by atoms with Crippen LogP contribution >= 0.6 is 0 Å². The van der Waals surface area contributed by atoms with Gasteiger partial charge in [-0.2, -0.15) is 4.98 Å². The number of hydrogen-bond donors (Lipinski definition) is 1. The first-order valence-electron chi connectivity index (χ1n) is 6.72. The molecule has 1 aromatic heterocycles. The van der Waals surface area contributed by atoms with Gasteiger partial charge in [-0.05, 0) is 26.8 Å². The van der Waals surface area contributed by atoms with Crippen molar-refractivity contribution in [3.05, 3.63) is 47.8 Å². The van der Waals surface area contributed by atoms with Gasteiger partial charge >= 0.3 is 0 Å². The van der Waals surface area contributed by atoms with Gasteiger partial charge in [0.25, 0.3) is 0 Å². The zero-order valence-electron chi connectivity index (χ0n) is 12.1. The van der Waals surface area contributed by atoms with Crippen LogP contribution in [-0.4, -0.2) is 16.5 Å². The lowest BCUT2D eigenvalue weighted by molar-refractivity contribution is 0.459. The van der Waals surface area contributed by atoms with Crippen molar-refractivity contribution in [1.29, 1.82) is 0 Å². The number of nitrogens with one attached hydrogen (secondary N) is 1. The van der Waals surface area contributed by atoms with Crippen molar-refractivity contribution in [2.75, 3.05) is 11.9 Å². The third-order valence-electron chi connectivity index (χ3n) is 2.65. The molecule has 0 atom stereocenters. The molecular formula is C16H19N3O. The minimum Gasteiger partial charge on any atom is -0.438 e. The standard InChI is InChI=1S/C16H19N3O/c1-4-8-13-9-6-7-10-14(13)20-16-11-15(17-5-2)18-12(3)19-16/h4,6-11H,5H2,1-3H3,(H,17,18,19)/b8-4+. The van der Waals surface area contributed by atoms with Crippen LogP contribution in [-0.2, 0) is 0 Å². The Morgan fingerprint density at radius 1 is 1.25 bits per heavy atom. The number of aromatic nitrogens is 2. The zero-order valence-corrected chi connectivity index (χ0v) is 12.1. The van der Waals surface area contributed by atoms with Crippen LogP contribution in [0.4, 0.5) is 5.82 Å². The van der Waals surface area contributed by atoms with Gasteiger partial charge in [-0.3, -0.25) is 0 Å². The van der Waals surface area contributed by atoms with Crippen LogP contribution in [0.1, 0.15) is 25.2 Å². The third-order valence-corrected chi connectivity index (χ3v) is 2.65. The van der Waals surface area contributed by atoms with E-state index >= 15 is 0 Å². The summed E-state index contributed by atoms with van der Waals surface area (Å²) in [4.78, 5) is 8.62. The summed E-state index contributed by atoms with van der Waals surface area (Å²) in [5.41, 5.74) is 1.02. The Morgan fingerprint density at radius 3 is 2.80 bits per heavy atom. The molecule has 1 heterocycles. The second kappa shape index (κ2) is 6.70. The fraction of sp³-hybridized carbons (Fsp3) is 0.250. The quantitative estimate of drug-likeness (QED) is 0.889. The Labute approximate surface area is 119 Å². The van der Waals surface area contributed by atoms with E-state index in [4.69, 9.17) is 4.74 Å². The molecule has 0 saturated heterocycles. The fourth-order valence-electron chi connectivity index (χ4n) is 1.87. The first kappa shape index (κ1) is 14.1. The Morgan fingerprint density at radius 2 is 2.05 bits per heavy atom. The number of aryl methyl sites for hydroxylation is 1. The van der Waals surface area contributed by atoms with Crippen molar-refractivity contribution >= 4 is 11.9 Å². The van der Waals surface area contributed by atoms with E-state index in [9.17, 15) is 0 Å². The van der Waals surface area contributed by atoms with Crippen molar-refractivity contribution in [1.82, 2.24) is 9.97 Å². The van der Waals surface area contributed by atoms with Crippen LogP contribution in [0.25, 0.3) is 6.08 Å². The number of ether oxygens (including phenoxy) is 1. The number of nitrogens with zero attached hydrogens (tertiary/aromatic N) is 2. The molecule has 20 heavy (non-hydrogen) atoms. The molecule has 0 spiro atoms. The molecule has 1 aromatic carbocycles. The summed E-state index contributed by atoms with van der Waals surface area (Å²) in [5.74, 6) is 2.79. The minimum atomic E-state index is 0.547. The molecule has 0 unspecified atom stereocenters. The van der Waals surface area contributed by atoms with Gasteiger partial charge in [0.2, 0.25) is 5.88 Å². The van der Waals surface area contributed by atoms with Crippen molar-refractivity contribution < 1.29 is 4.74 Å². The highest BCUT2D eigenvalue weighted by Gasteiger charge is 2.06. The summed E-state index contributed by atoms with van der Waals surface area (Å²) >= 11 is 0. The maximum Gasteiger partial charge on any atom is 0.224 e. The Balaban J connectivity index is 2.30. The fourth-order valence-corrected chi connectivity index (χ4v) is 1.87. The molecule has 2 rings (SSSR count). The van der Waals surface area contributed by atoms with Crippen LogP contribution in [0.3, 0.4) is 0 Å². The van der Waals surface area contributed by atoms with E-state index < -0.39 is 0 Å². The minimum absolute atomic E-state index is 0.547. The van der Waals surface area contributed by atoms with E-state index in [0.717, 1.165) is 23.7 Å². The molecule has 0 aliphatic heterocycles. The number of para-hydroxylation sites is 1. The second-order valence-corrected chi connectivity index (χ2v) is 4.31. The van der Waals surface area contributed by atoms with E-state index in [-0.39, 0.29) is 0 Å². The maximum absolute atomic E-state index is 5.89. The van der Waals surface area contributed by atoms with Gasteiger partial charge in [-0.15, -0.1) is 0 Å². The van der Waals surface area contributed by atoms with Crippen LogP contribution in [0.2, 0.25) is 0 Å². The lowest BCUT2D eigenvalue weighted by Gasteiger charge is -2.10. The summed E-state index contributed by atoms with van der Waals surface area (Å²) in [5, 5.41) is 3.17. The van der Waals surface area contributed by atoms with Gasteiger partial charge in [0.1, 0.15) is 17.4 Å². The summed E-state index contributed by atoms with van der Waals surface area (Å²) in [6.07, 6.45) is 3.99. The van der Waals surface area contributed by atoms with Gasteiger partial charge in [-0.1, -0.05) is 30.4 Å². The van der Waals surface area contributed by atoms with Crippen LogP contribution < -0.4 is 10.1 Å². The highest BCUT2D eigenvalue weighted by atomic mass is 16.5. The highest BCUT2D eigenvalue weighted by molar-refractivity contribution is 5.57. The Kier molecular flexibility index (Phi) is 4.71. The van der Waals surface area contributed by atoms with E-state index in [1.807, 2.05) is 63.3 Å². The van der Waals surface area contributed by atoms with E-state index in [0.29, 0.717) is 11.7 Å².